The molecule has 0 unspecified atom stereocenters. The summed E-state index contributed by atoms with van der Waals surface area (Å²) in [5.41, 5.74) is 0. The Morgan fingerprint density at radius 2 is 1.80 bits per heavy atom. The molecule has 0 spiro atoms. The van der Waals surface area contributed by atoms with Gasteiger partial charge in [-0.25, -0.2) is 0 Å². The zero-order valence-electron chi connectivity index (χ0n) is 6.67. The summed E-state index contributed by atoms with van der Waals surface area (Å²) >= 11 is 0. The Balaban J connectivity index is 3.38. The normalized spacial score (nSPS) is 9.90. The predicted octanol–water partition coefficient (Wildman–Crippen LogP) is 2.65. The van der Waals surface area contributed by atoms with Gasteiger partial charge in [0, 0.05) is 0 Å². The molecule has 0 saturated carbocycles. The zero-order chi connectivity index (χ0) is 7.82. The molecule has 3 heteroatoms. The average Bonchev–Trinajstić information content (AvgIpc) is 1.90. The van der Waals surface area contributed by atoms with Gasteiger partial charge >= 0.3 is 0 Å². The van der Waals surface area contributed by atoms with E-state index >= 15 is 0 Å². The molecular formula is C7H15NO2. The van der Waals surface area contributed by atoms with Gasteiger partial charge in [-0.1, -0.05) is 26.7 Å². The molecule has 0 aromatic carbocycles. The molecule has 0 saturated heterocycles. The van der Waals surface area contributed by atoms with Crippen molar-refractivity contribution in [2.75, 3.05) is 0 Å². The van der Waals surface area contributed by atoms with Gasteiger partial charge in [-0.2, -0.15) is 0 Å². The monoisotopic (exact) mass is 145 g/mol. The van der Waals surface area contributed by atoms with E-state index in [1.165, 1.54) is 0 Å². The molecule has 0 aliphatic carbocycles. The van der Waals surface area contributed by atoms with E-state index in [0.717, 1.165) is 25.7 Å². The summed E-state index contributed by atoms with van der Waals surface area (Å²) in [6.07, 6.45) is 3.99. The molecule has 10 heavy (non-hydrogen) atoms. The topological polar surface area (TPSA) is 38.7 Å². The largest absolute Gasteiger partial charge is 0.361 e. The smallest absolute Gasteiger partial charge is 0.155 e. The minimum absolute atomic E-state index is 0.0486. The first-order valence-electron chi connectivity index (χ1n) is 3.83. The molecule has 0 fully saturated rings. The fraction of sp³-hybridized carbons (Fsp3) is 1.00. The maximum atomic E-state index is 9.69. The number of nitrogens with zero attached hydrogens (tertiary/aromatic N) is 1. The molecule has 0 bridgehead atoms. The van der Waals surface area contributed by atoms with Gasteiger partial charge in [0.1, 0.15) is 6.10 Å². The molecule has 0 radical (unpaired) electrons. The molecule has 0 aliphatic heterocycles. The van der Waals surface area contributed by atoms with Crippen LogP contribution in [0.5, 0.6) is 0 Å². The Hall–Kier alpha value is -0.600. The average molecular weight is 145 g/mol. The highest BCUT2D eigenvalue weighted by Crippen LogP contribution is 2.08. The molecule has 60 valence electrons. The van der Waals surface area contributed by atoms with Gasteiger partial charge < -0.3 is 4.84 Å². The van der Waals surface area contributed by atoms with Gasteiger partial charge in [-0.3, -0.25) is 0 Å². The van der Waals surface area contributed by atoms with Gasteiger partial charge in [0.15, 0.2) is 5.34 Å². The summed E-state index contributed by atoms with van der Waals surface area (Å²) in [5.74, 6) is 0. The van der Waals surface area contributed by atoms with Crippen molar-refractivity contribution in [1.29, 1.82) is 0 Å². The quantitative estimate of drug-likeness (QED) is 0.425. The second-order valence-corrected chi connectivity index (χ2v) is 2.38. The van der Waals surface area contributed by atoms with Gasteiger partial charge in [0.25, 0.3) is 0 Å². The van der Waals surface area contributed by atoms with Crippen molar-refractivity contribution in [3.63, 3.8) is 0 Å². The van der Waals surface area contributed by atoms with Crippen LogP contribution < -0.4 is 0 Å². The number of hydrogen-bond donors (Lipinski definition) is 0. The number of rotatable bonds is 6. The van der Waals surface area contributed by atoms with E-state index in [0.29, 0.717) is 0 Å². The first kappa shape index (κ1) is 9.40. The summed E-state index contributed by atoms with van der Waals surface area (Å²) in [4.78, 5) is 14.3. The van der Waals surface area contributed by atoms with Crippen LogP contribution in [0.25, 0.3) is 0 Å². The third-order valence-corrected chi connectivity index (χ3v) is 1.41. The molecule has 0 amide bonds. The van der Waals surface area contributed by atoms with Crippen LogP contribution in [0.15, 0.2) is 5.34 Å². The van der Waals surface area contributed by atoms with Gasteiger partial charge in [-0.05, 0) is 12.8 Å². The van der Waals surface area contributed by atoms with Gasteiger partial charge in [-0.15, -0.1) is 4.91 Å². The summed E-state index contributed by atoms with van der Waals surface area (Å²) in [7, 11) is 0. The van der Waals surface area contributed by atoms with E-state index in [-0.39, 0.29) is 6.10 Å². The van der Waals surface area contributed by atoms with E-state index < -0.39 is 0 Å². The van der Waals surface area contributed by atoms with E-state index in [2.05, 4.69) is 24.0 Å². The lowest BCUT2D eigenvalue weighted by molar-refractivity contribution is 0.0423. The van der Waals surface area contributed by atoms with Crippen LogP contribution in [0.4, 0.5) is 0 Å². The van der Waals surface area contributed by atoms with Gasteiger partial charge in [0.2, 0.25) is 0 Å². The van der Waals surface area contributed by atoms with Gasteiger partial charge in [0.05, 0.1) is 0 Å². The maximum absolute atomic E-state index is 9.69. The number of hydrogen-bond acceptors (Lipinski definition) is 3. The minimum atomic E-state index is 0.0486. The van der Waals surface area contributed by atoms with Crippen molar-refractivity contribution >= 4 is 0 Å². The highest BCUT2D eigenvalue weighted by molar-refractivity contribution is 4.54. The third kappa shape index (κ3) is 4.30. The van der Waals surface area contributed by atoms with Crippen LogP contribution >= 0.6 is 0 Å². The van der Waals surface area contributed by atoms with E-state index in [4.69, 9.17) is 0 Å². The first-order chi connectivity index (χ1) is 4.85. The predicted molar refractivity (Wildman–Crippen MR) is 40.5 cm³/mol. The second kappa shape index (κ2) is 6.52. The Bertz CT molecular complexity index is 79.7. The molecule has 0 aromatic heterocycles. The van der Waals surface area contributed by atoms with Crippen LogP contribution in [0.1, 0.15) is 39.5 Å². The fourth-order valence-corrected chi connectivity index (χ4v) is 0.955. The van der Waals surface area contributed by atoms with Crippen molar-refractivity contribution in [3.8, 4) is 0 Å². The minimum Gasteiger partial charge on any atom is -0.361 e. The fourth-order valence-electron chi connectivity index (χ4n) is 0.955. The maximum Gasteiger partial charge on any atom is 0.155 e. The standard InChI is InChI=1S/C7H15NO2/c1-3-5-7(6-4-2)10-8-9/h7H,3-6H2,1-2H3. The second-order valence-electron chi connectivity index (χ2n) is 2.38. The molecule has 0 aliphatic rings. The van der Waals surface area contributed by atoms with Crippen LogP contribution in [-0.2, 0) is 4.84 Å². The third-order valence-electron chi connectivity index (χ3n) is 1.41. The van der Waals surface area contributed by atoms with Crippen LogP contribution in [0.3, 0.4) is 0 Å². The van der Waals surface area contributed by atoms with E-state index in [9.17, 15) is 4.91 Å². The molecule has 0 heterocycles. The lowest BCUT2D eigenvalue weighted by Gasteiger charge is -2.09. The summed E-state index contributed by atoms with van der Waals surface area (Å²) < 4.78 is 0. The Morgan fingerprint density at radius 3 is 2.10 bits per heavy atom. The molecule has 0 atom stereocenters. The van der Waals surface area contributed by atoms with Crippen molar-refractivity contribution in [3.05, 3.63) is 4.91 Å². The van der Waals surface area contributed by atoms with E-state index in [1.54, 1.807) is 0 Å². The molecular weight excluding hydrogens is 130 g/mol. The SMILES string of the molecule is CCCC(CCC)ON=O. The van der Waals surface area contributed by atoms with Crippen LogP contribution in [0, 0.1) is 4.91 Å². The Morgan fingerprint density at radius 1 is 1.30 bits per heavy atom. The Kier molecular flexibility index (Phi) is 6.13. The highest BCUT2D eigenvalue weighted by atomic mass is 16.7. The van der Waals surface area contributed by atoms with E-state index in [1.807, 2.05) is 0 Å². The molecule has 3 nitrogen and oxygen atoms in total. The van der Waals surface area contributed by atoms with Crippen LogP contribution in [0.2, 0.25) is 0 Å². The molecule has 0 N–H and O–H groups in total. The Labute approximate surface area is 61.7 Å². The molecule has 0 rings (SSSR count). The van der Waals surface area contributed by atoms with Crippen molar-refractivity contribution < 1.29 is 4.84 Å². The lowest BCUT2D eigenvalue weighted by Crippen LogP contribution is -2.07. The van der Waals surface area contributed by atoms with Crippen LogP contribution in [-0.4, -0.2) is 6.10 Å². The molecule has 0 aromatic rings. The van der Waals surface area contributed by atoms with Crippen molar-refractivity contribution in [1.82, 2.24) is 0 Å². The lowest BCUT2D eigenvalue weighted by atomic mass is 10.1. The van der Waals surface area contributed by atoms with Crippen molar-refractivity contribution in [2.24, 2.45) is 5.34 Å². The zero-order valence-corrected chi connectivity index (χ0v) is 6.67. The van der Waals surface area contributed by atoms with Crippen molar-refractivity contribution in [2.45, 2.75) is 45.6 Å². The highest BCUT2D eigenvalue weighted by Gasteiger charge is 2.06. The summed E-state index contributed by atoms with van der Waals surface area (Å²) in [5, 5.41) is 2.42. The summed E-state index contributed by atoms with van der Waals surface area (Å²) in [6, 6.07) is 0. The summed E-state index contributed by atoms with van der Waals surface area (Å²) in [6.45, 7) is 4.13. The first-order valence-corrected chi connectivity index (χ1v) is 3.83.